The van der Waals surface area contributed by atoms with E-state index in [9.17, 15) is 14.2 Å². The molecule has 0 saturated heterocycles. The molecule has 5 nitrogen and oxygen atoms in total. The second-order valence-corrected chi connectivity index (χ2v) is 9.13. The first-order valence-corrected chi connectivity index (χ1v) is 9.25. The van der Waals surface area contributed by atoms with Gasteiger partial charge in [-0.05, 0) is 0 Å². The van der Waals surface area contributed by atoms with E-state index in [1.807, 2.05) is 0 Å². The summed E-state index contributed by atoms with van der Waals surface area (Å²) in [5.74, 6) is -2.02. The molecule has 0 aliphatic carbocycles. The molecule has 14 heavy (non-hydrogen) atoms. The van der Waals surface area contributed by atoms with Gasteiger partial charge in [0.15, 0.2) is 0 Å². The molecule has 86 valence electrons. The average molecular weight is 244 g/mol. The van der Waals surface area contributed by atoms with Crippen molar-refractivity contribution >= 4 is 14.7 Å². The lowest BCUT2D eigenvalue weighted by Gasteiger charge is -2.29. The van der Waals surface area contributed by atoms with Crippen molar-refractivity contribution < 1.29 is 23.3 Å². The molecule has 0 aromatic carbocycles. The summed E-state index contributed by atoms with van der Waals surface area (Å²) < 4.78 is 32.4. The van der Waals surface area contributed by atoms with Crippen molar-refractivity contribution in [3.8, 4) is 0 Å². The van der Waals surface area contributed by atoms with Gasteiger partial charge in [0.2, 0.25) is 14.7 Å². The minimum Gasteiger partial charge on any atom is -0.343 e. The highest BCUT2D eigenvalue weighted by atomic mass is 31.2. The molecule has 0 aliphatic heterocycles. The van der Waals surface area contributed by atoms with Crippen molar-refractivity contribution in [3.05, 3.63) is 0 Å². The Balaban J connectivity index is 4.66. The van der Waals surface area contributed by atoms with Crippen LogP contribution in [0.5, 0.6) is 0 Å². The molecule has 1 N–H and O–H groups in total. The van der Waals surface area contributed by atoms with Crippen LogP contribution in [0.25, 0.3) is 0 Å². The van der Waals surface area contributed by atoms with E-state index < -0.39 is 20.7 Å². The second kappa shape index (κ2) is 4.46. The third kappa shape index (κ3) is 6.74. The number of rotatable bonds is 5. The van der Waals surface area contributed by atoms with Gasteiger partial charge < -0.3 is 5.11 Å². The highest BCUT2D eigenvalue weighted by Crippen LogP contribution is 2.49. The van der Waals surface area contributed by atoms with Crippen LogP contribution < -0.4 is 0 Å². The van der Waals surface area contributed by atoms with Crippen LogP contribution in [0.4, 0.5) is 0 Å². The van der Waals surface area contributed by atoms with Crippen LogP contribution in [0.15, 0.2) is 0 Å². The van der Waals surface area contributed by atoms with E-state index >= 15 is 0 Å². The molecule has 0 spiro atoms. The Morgan fingerprint density at radius 3 is 1.50 bits per heavy atom. The Hall–Kier alpha value is 0.340. The quantitative estimate of drug-likeness (QED) is 0.592. The maximum atomic E-state index is 11.3. The molecule has 0 aromatic heterocycles. The van der Waals surface area contributed by atoms with Crippen molar-refractivity contribution in [2.24, 2.45) is 0 Å². The van der Waals surface area contributed by atoms with Crippen molar-refractivity contribution in [2.75, 3.05) is 26.7 Å². The average Bonchev–Trinajstić information content (AvgIpc) is 1.78. The fourth-order valence-electron chi connectivity index (χ4n) is 0.833. The Morgan fingerprint density at radius 1 is 1.07 bits per heavy atom. The normalized spacial score (nSPS) is 14.4. The topological polar surface area (TPSA) is 72.8 Å². The third-order valence-corrected chi connectivity index (χ3v) is 2.62. The molecule has 0 bridgehead atoms. The Kier molecular flexibility index (Phi) is 4.57. The maximum absolute atomic E-state index is 11.3. The van der Waals surface area contributed by atoms with Crippen LogP contribution in [0.3, 0.4) is 0 Å². The number of hydrogen-bond acceptors (Lipinski definition) is 5. The van der Waals surface area contributed by atoms with E-state index in [-0.39, 0.29) is 6.42 Å². The molecule has 7 heteroatoms. The second-order valence-electron chi connectivity index (χ2n) is 3.75. The largest absolute Gasteiger partial charge is 0.343 e. The van der Waals surface area contributed by atoms with Gasteiger partial charge in [-0.2, -0.15) is 0 Å². The molecule has 0 atom stereocenters. The SMILES string of the molecule is CCC(O)(OP(C)(C)=O)OP(C)(C)=O. The van der Waals surface area contributed by atoms with Gasteiger partial charge in [0.25, 0.3) is 5.97 Å². The predicted molar refractivity (Wildman–Crippen MR) is 56.3 cm³/mol. The highest BCUT2D eigenvalue weighted by molar-refractivity contribution is 7.58. The van der Waals surface area contributed by atoms with Crippen molar-refractivity contribution in [3.63, 3.8) is 0 Å². The molecule has 0 fully saturated rings. The zero-order valence-electron chi connectivity index (χ0n) is 9.18. The number of aliphatic hydroxyl groups is 1. The minimum atomic E-state index is -2.89. The first kappa shape index (κ1) is 14.3. The van der Waals surface area contributed by atoms with Crippen molar-refractivity contribution in [1.82, 2.24) is 0 Å². The summed E-state index contributed by atoms with van der Waals surface area (Å²) >= 11 is 0. The van der Waals surface area contributed by atoms with Gasteiger partial charge in [0.05, 0.1) is 0 Å². The lowest BCUT2D eigenvalue weighted by atomic mass is 10.4. The molecule has 0 aliphatic rings. The summed E-state index contributed by atoms with van der Waals surface area (Å²) in [6, 6.07) is 0. The summed E-state index contributed by atoms with van der Waals surface area (Å²) in [4.78, 5) is 0. The molecule has 0 saturated carbocycles. The summed E-state index contributed by atoms with van der Waals surface area (Å²) in [7, 11) is -5.77. The first-order valence-electron chi connectivity index (χ1n) is 4.21. The van der Waals surface area contributed by atoms with Crippen LogP contribution >= 0.6 is 14.7 Å². The predicted octanol–water partition coefficient (Wildman–Crippen LogP) is 2.15. The smallest absolute Gasteiger partial charge is 0.291 e. The molecule has 0 heterocycles. The third-order valence-electron chi connectivity index (χ3n) is 1.17. The Labute approximate surface area is 84.7 Å². The highest BCUT2D eigenvalue weighted by Gasteiger charge is 2.36. The number of hydrogen-bond donors (Lipinski definition) is 1. The Morgan fingerprint density at radius 2 is 1.36 bits per heavy atom. The van der Waals surface area contributed by atoms with E-state index in [4.69, 9.17) is 9.05 Å². The monoisotopic (exact) mass is 244 g/mol. The van der Waals surface area contributed by atoms with E-state index in [2.05, 4.69) is 0 Å². The fourth-order valence-corrected chi connectivity index (χ4v) is 2.60. The summed E-state index contributed by atoms with van der Waals surface area (Å²) in [6.07, 6.45) is 0.0599. The van der Waals surface area contributed by atoms with Gasteiger partial charge >= 0.3 is 0 Å². The van der Waals surface area contributed by atoms with Crippen LogP contribution in [0, 0.1) is 0 Å². The fraction of sp³-hybridized carbons (Fsp3) is 1.00. The van der Waals surface area contributed by atoms with E-state index in [1.165, 1.54) is 26.7 Å². The first-order chi connectivity index (χ1) is 5.97. The van der Waals surface area contributed by atoms with E-state index in [0.717, 1.165) is 0 Å². The van der Waals surface area contributed by atoms with Crippen LogP contribution in [-0.4, -0.2) is 37.7 Å². The lowest BCUT2D eigenvalue weighted by molar-refractivity contribution is -0.271. The minimum absolute atomic E-state index is 0.0599. The van der Waals surface area contributed by atoms with Crippen LogP contribution in [0.1, 0.15) is 13.3 Å². The van der Waals surface area contributed by atoms with Crippen molar-refractivity contribution in [1.29, 1.82) is 0 Å². The zero-order valence-corrected chi connectivity index (χ0v) is 11.0. The van der Waals surface area contributed by atoms with Gasteiger partial charge in [0.1, 0.15) is 0 Å². The molecule has 0 unspecified atom stereocenters. The molecule has 0 radical (unpaired) electrons. The summed E-state index contributed by atoms with van der Waals surface area (Å²) in [6.45, 7) is 7.01. The Bertz CT molecular complexity index is 252. The van der Waals surface area contributed by atoms with E-state index in [0.29, 0.717) is 0 Å². The summed E-state index contributed by atoms with van der Waals surface area (Å²) in [5.41, 5.74) is 0. The molecule has 0 amide bonds. The molecular formula is C7H18O5P2. The maximum Gasteiger partial charge on any atom is 0.291 e. The van der Waals surface area contributed by atoms with Crippen LogP contribution in [-0.2, 0) is 18.2 Å². The van der Waals surface area contributed by atoms with Gasteiger partial charge in [-0.3, -0.25) is 18.2 Å². The zero-order chi connectivity index (χ0) is 11.6. The molecule has 0 aromatic rings. The van der Waals surface area contributed by atoms with E-state index in [1.54, 1.807) is 6.92 Å². The van der Waals surface area contributed by atoms with Gasteiger partial charge in [-0.25, -0.2) is 0 Å². The summed E-state index contributed by atoms with van der Waals surface area (Å²) in [5, 5.41) is 9.70. The molecule has 0 rings (SSSR count). The molecular weight excluding hydrogens is 226 g/mol. The lowest BCUT2D eigenvalue weighted by Crippen LogP contribution is -2.32. The standard InChI is InChI=1S/C7H18O5P2/c1-6-7(8,11-13(2,3)9)12-14(4,5)10/h8H,6H2,1-5H3. The van der Waals surface area contributed by atoms with Crippen molar-refractivity contribution in [2.45, 2.75) is 19.3 Å². The van der Waals surface area contributed by atoms with Gasteiger partial charge in [0, 0.05) is 33.1 Å². The van der Waals surface area contributed by atoms with Gasteiger partial charge in [-0.15, -0.1) is 0 Å². The van der Waals surface area contributed by atoms with Crippen LogP contribution in [0.2, 0.25) is 0 Å². The van der Waals surface area contributed by atoms with Gasteiger partial charge in [-0.1, -0.05) is 6.92 Å².